The molecule has 0 radical (unpaired) electrons. The highest BCUT2D eigenvalue weighted by molar-refractivity contribution is 5.90. The lowest BCUT2D eigenvalue weighted by molar-refractivity contribution is -0.116. The van der Waals surface area contributed by atoms with Crippen molar-refractivity contribution in [3.05, 3.63) is 30.1 Å². The number of hydrogen-bond acceptors (Lipinski definition) is 3. The van der Waals surface area contributed by atoms with Gasteiger partial charge in [0.15, 0.2) is 0 Å². The number of hydrogen-bond donors (Lipinski definition) is 1. The number of ether oxygens (including phenoxy) is 1. The van der Waals surface area contributed by atoms with Crippen LogP contribution in [0, 0.1) is 11.7 Å². The number of halogens is 1. The summed E-state index contributed by atoms with van der Waals surface area (Å²) in [7, 11) is 0. The van der Waals surface area contributed by atoms with Crippen LogP contribution in [0.3, 0.4) is 0 Å². The fourth-order valence-electron chi connectivity index (χ4n) is 3.83. The number of para-hydroxylation sites is 1. The molecular weight excluding hydrogens is 307 g/mol. The number of amides is 1. The minimum Gasteiger partial charge on any atom is -0.381 e. The zero-order valence-corrected chi connectivity index (χ0v) is 14.2. The van der Waals surface area contributed by atoms with E-state index in [0.717, 1.165) is 39.0 Å². The van der Waals surface area contributed by atoms with Gasteiger partial charge in [0, 0.05) is 32.2 Å². The highest BCUT2D eigenvalue weighted by atomic mass is 19.1. The molecule has 0 unspecified atom stereocenters. The molecule has 0 bridgehead atoms. The Hall–Kier alpha value is -1.46. The number of carbonyl (C=O) groups is 1. The van der Waals surface area contributed by atoms with Crippen molar-refractivity contribution in [3.8, 4) is 0 Å². The number of likely N-dealkylation sites (tertiary alicyclic amines) is 1. The molecule has 2 saturated heterocycles. The molecule has 2 heterocycles. The monoisotopic (exact) mass is 334 g/mol. The summed E-state index contributed by atoms with van der Waals surface area (Å²) >= 11 is 0. The summed E-state index contributed by atoms with van der Waals surface area (Å²) in [5.74, 6) is 0.0884. The highest BCUT2D eigenvalue weighted by Crippen LogP contribution is 2.26. The smallest absolute Gasteiger partial charge is 0.224 e. The van der Waals surface area contributed by atoms with Crippen molar-refractivity contribution in [3.63, 3.8) is 0 Å². The van der Waals surface area contributed by atoms with Crippen LogP contribution in [0.4, 0.5) is 10.1 Å². The molecule has 5 heteroatoms. The van der Waals surface area contributed by atoms with E-state index < -0.39 is 0 Å². The predicted octanol–water partition coefficient (Wildman–Crippen LogP) is 3.44. The molecule has 0 aliphatic carbocycles. The van der Waals surface area contributed by atoms with Gasteiger partial charge in [0.25, 0.3) is 0 Å². The van der Waals surface area contributed by atoms with E-state index >= 15 is 0 Å². The topological polar surface area (TPSA) is 41.6 Å². The first-order valence-electron chi connectivity index (χ1n) is 9.08. The summed E-state index contributed by atoms with van der Waals surface area (Å²) in [5, 5.41) is 2.68. The molecule has 4 nitrogen and oxygen atoms in total. The van der Waals surface area contributed by atoms with Crippen LogP contribution >= 0.6 is 0 Å². The Morgan fingerprint density at radius 2 is 2.04 bits per heavy atom. The number of benzene rings is 1. The van der Waals surface area contributed by atoms with Crippen molar-refractivity contribution in [1.82, 2.24) is 4.90 Å². The van der Waals surface area contributed by atoms with Crippen molar-refractivity contribution in [2.45, 2.75) is 44.6 Å². The van der Waals surface area contributed by atoms with Crippen LogP contribution < -0.4 is 5.32 Å². The number of rotatable bonds is 5. The van der Waals surface area contributed by atoms with Gasteiger partial charge in [-0.1, -0.05) is 12.1 Å². The van der Waals surface area contributed by atoms with Crippen molar-refractivity contribution in [1.29, 1.82) is 0 Å². The van der Waals surface area contributed by atoms with Gasteiger partial charge in [-0.2, -0.15) is 0 Å². The van der Waals surface area contributed by atoms with Crippen LogP contribution in [-0.4, -0.2) is 43.2 Å². The van der Waals surface area contributed by atoms with Gasteiger partial charge in [-0.3, -0.25) is 9.69 Å². The third-order valence-corrected chi connectivity index (χ3v) is 5.19. The van der Waals surface area contributed by atoms with E-state index in [4.69, 9.17) is 4.74 Å². The molecule has 0 spiro atoms. The minimum atomic E-state index is -0.380. The zero-order chi connectivity index (χ0) is 16.8. The van der Waals surface area contributed by atoms with Gasteiger partial charge in [0.05, 0.1) is 5.69 Å². The Balaban J connectivity index is 1.44. The number of nitrogens with zero attached hydrogens (tertiary/aromatic N) is 1. The van der Waals surface area contributed by atoms with E-state index in [0.29, 0.717) is 18.4 Å². The fourth-order valence-corrected chi connectivity index (χ4v) is 3.83. The van der Waals surface area contributed by atoms with E-state index in [1.165, 1.54) is 25.5 Å². The standard InChI is InChI=1S/C19H27FN2O2/c20-17-5-1-2-6-18(17)21-19(23)8-7-15-4-3-11-22(14-15)16-9-12-24-13-10-16/h1-2,5-6,15-16H,3-4,7-14H2,(H,21,23)/t15-/m0/s1. The Morgan fingerprint density at radius 3 is 2.83 bits per heavy atom. The van der Waals surface area contributed by atoms with Crippen LogP contribution in [0.5, 0.6) is 0 Å². The molecule has 1 atom stereocenters. The van der Waals surface area contributed by atoms with Crippen LogP contribution in [-0.2, 0) is 9.53 Å². The Labute approximate surface area is 143 Å². The summed E-state index contributed by atoms with van der Waals surface area (Å²) in [4.78, 5) is 14.7. The molecule has 24 heavy (non-hydrogen) atoms. The van der Waals surface area contributed by atoms with Crippen molar-refractivity contribution >= 4 is 11.6 Å². The summed E-state index contributed by atoms with van der Waals surface area (Å²) in [6, 6.07) is 6.96. The van der Waals surface area contributed by atoms with E-state index in [-0.39, 0.29) is 17.4 Å². The quantitative estimate of drug-likeness (QED) is 0.897. The SMILES string of the molecule is O=C(CC[C@@H]1CCCN(C2CCOCC2)C1)Nc1ccccc1F. The average molecular weight is 334 g/mol. The second-order valence-corrected chi connectivity index (χ2v) is 6.91. The van der Waals surface area contributed by atoms with Gasteiger partial charge >= 0.3 is 0 Å². The van der Waals surface area contributed by atoms with Gasteiger partial charge < -0.3 is 10.1 Å². The molecule has 3 rings (SSSR count). The Bertz CT molecular complexity index is 546. The Morgan fingerprint density at radius 1 is 1.25 bits per heavy atom. The first kappa shape index (κ1) is 17.4. The fraction of sp³-hybridized carbons (Fsp3) is 0.632. The molecule has 1 aromatic carbocycles. The van der Waals surface area contributed by atoms with E-state index in [1.807, 2.05) is 0 Å². The van der Waals surface area contributed by atoms with E-state index in [1.54, 1.807) is 18.2 Å². The first-order chi connectivity index (χ1) is 11.7. The van der Waals surface area contributed by atoms with Gasteiger partial charge in [0.2, 0.25) is 5.91 Å². The van der Waals surface area contributed by atoms with E-state index in [2.05, 4.69) is 10.2 Å². The van der Waals surface area contributed by atoms with Gasteiger partial charge in [-0.05, 0) is 56.7 Å². The lowest BCUT2D eigenvalue weighted by Gasteiger charge is -2.40. The van der Waals surface area contributed by atoms with Crippen LogP contribution in [0.15, 0.2) is 24.3 Å². The number of nitrogens with one attached hydrogen (secondary N) is 1. The largest absolute Gasteiger partial charge is 0.381 e. The summed E-state index contributed by atoms with van der Waals surface area (Å²) in [6.45, 7) is 3.99. The maximum Gasteiger partial charge on any atom is 0.224 e. The van der Waals surface area contributed by atoms with Gasteiger partial charge in [0.1, 0.15) is 5.82 Å². The minimum absolute atomic E-state index is 0.0942. The molecule has 2 aliphatic heterocycles. The second-order valence-electron chi connectivity index (χ2n) is 6.91. The number of piperidine rings is 1. The molecule has 2 fully saturated rings. The number of carbonyl (C=O) groups excluding carboxylic acids is 1. The van der Waals surface area contributed by atoms with Crippen LogP contribution in [0.1, 0.15) is 38.5 Å². The summed E-state index contributed by atoms with van der Waals surface area (Å²) in [5.41, 5.74) is 0.273. The lowest BCUT2D eigenvalue weighted by atomic mass is 9.91. The molecule has 0 saturated carbocycles. The summed E-state index contributed by atoms with van der Waals surface area (Å²) < 4.78 is 19.0. The number of anilines is 1. The average Bonchev–Trinajstić information content (AvgIpc) is 2.63. The molecule has 132 valence electrons. The molecule has 1 aromatic rings. The molecule has 0 aromatic heterocycles. The predicted molar refractivity (Wildman–Crippen MR) is 92.4 cm³/mol. The third kappa shape index (κ3) is 4.77. The summed E-state index contributed by atoms with van der Waals surface area (Å²) in [6.07, 6.45) is 5.98. The lowest BCUT2D eigenvalue weighted by Crippen LogP contribution is -2.45. The van der Waals surface area contributed by atoms with E-state index in [9.17, 15) is 9.18 Å². The second kappa shape index (κ2) is 8.58. The highest BCUT2D eigenvalue weighted by Gasteiger charge is 2.27. The van der Waals surface area contributed by atoms with Crippen LogP contribution in [0.25, 0.3) is 0 Å². The molecule has 1 N–H and O–H groups in total. The normalized spacial score (nSPS) is 23.1. The Kier molecular flexibility index (Phi) is 6.21. The first-order valence-corrected chi connectivity index (χ1v) is 9.08. The molecule has 2 aliphatic rings. The van der Waals surface area contributed by atoms with Gasteiger partial charge in [-0.25, -0.2) is 4.39 Å². The van der Waals surface area contributed by atoms with Crippen LogP contribution in [0.2, 0.25) is 0 Å². The van der Waals surface area contributed by atoms with Crippen molar-refractivity contribution < 1.29 is 13.9 Å². The zero-order valence-electron chi connectivity index (χ0n) is 14.2. The van der Waals surface area contributed by atoms with Gasteiger partial charge in [-0.15, -0.1) is 0 Å². The maximum absolute atomic E-state index is 13.6. The van der Waals surface area contributed by atoms with Crippen molar-refractivity contribution in [2.75, 3.05) is 31.6 Å². The maximum atomic E-state index is 13.6. The van der Waals surface area contributed by atoms with Crippen molar-refractivity contribution in [2.24, 2.45) is 5.92 Å². The third-order valence-electron chi connectivity index (χ3n) is 5.19. The molecular formula is C19H27FN2O2. The molecule has 1 amide bonds.